The number of rotatable bonds is 10. The molecule has 10 nitrogen and oxygen atoms in total. The van der Waals surface area contributed by atoms with Gasteiger partial charge in [0, 0.05) is 13.0 Å². The van der Waals surface area contributed by atoms with Crippen molar-refractivity contribution in [1.82, 2.24) is 10.6 Å². The van der Waals surface area contributed by atoms with Gasteiger partial charge in [0.2, 0.25) is 5.91 Å². The molecule has 1 amide bonds. The fourth-order valence-electron chi connectivity index (χ4n) is 2.21. The van der Waals surface area contributed by atoms with E-state index < -0.39 is 17.0 Å². The Morgan fingerprint density at radius 3 is 2.65 bits per heavy atom. The second-order valence-electron chi connectivity index (χ2n) is 5.42. The van der Waals surface area contributed by atoms with Gasteiger partial charge in [0.25, 0.3) is 5.96 Å². The first kappa shape index (κ1) is 20.9. The van der Waals surface area contributed by atoms with Crippen LogP contribution in [0, 0.1) is 10.1 Å². The molecular weight excluding hydrogens is 342 g/mol. The summed E-state index contributed by atoms with van der Waals surface area (Å²) in [6.45, 7) is 0.260. The lowest BCUT2D eigenvalue weighted by Gasteiger charge is -2.16. The summed E-state index contributed by atoms with van der Waals surface area (Å²) in [4.78, 5) is 34.0. The van der Waals surface area contributed by atoms with Crippen LogP contribution in [0.4, 0.5) is 0 Å². The Hall–Kier alpha value is -3.17. The molecule has 0 radical (unpaired) electrons. The maximum Gasteiger partial charge on any atom is 0.328 e. The van der Waals surface area contributed by atoms with E-state index in [1.807, 2.05) is 30.3 Å². The predicted octanol–water partition coefficient (Wildman–Crippen LogP) is 0.153. The van der Waals surface area contributed by atoms with Crippen molar-refractivity contribution in [2.75, 3.05) is 13.7 Å². The monoisotopic (exact) mass is 365 g/mol. The Bertz CT molecular complexity index is 635. The van der Waals surface area contributed by atoms with Gasteiger partial charge in [0.05, 0.1) is 7.11 Å². The zero-order valence-corrected chi connectivity index (χ0v) is 14.5. The molecule has 0 saturated carbocycles. The Morgan fingerprint density at radius 2 is 2.04 bits per heavy atom. The molecule has 0 bridgehead atoms. The molecule has 0 aliphatic rings. The quantitative estimate of drug-likeness (QED) is 0.133. The summed E-state index contributed by atoms with van der Waals surface area (Å²) in [6.07, 6.45) is 1.53. The number of nitrogens with zero attached hydrogens (tertiary/aromatic N) is 2. The van der Waals surface area contributed by atoms with Gasteiger partial charge in [-0.25, -0.2) is 14.9 Å². The van der Waals surface area contributed by atoms with Crippen LogP contribution >= 0.6 is 0 Å². The maximum atomic E-state index is 12.1. The van der Waals surface area contributed by atoms with Gasteiger partial charge < -0.3 is 21.1 Å². The summed E-state index contributed by atoms with van der Waals surface area (Å²) in [5, 5.41) is 17.3. The fourth-order valence-corrected chi connectivity index (χ4v) is 2.21. The smallest absolute Gasteiger partial charge is 0.328 e. The van der Waals surface area contributed by atoms with Gasteiger partial charge in [-0.3, -0.25) is 4.79 Å². The van der Waals surface area contributed by atoms with E-state index in [0.717, 1.165) is 5.56 Å². The fraction of sp³-hybridized carbons (Fsp3) is 0.438. The van der Waals surface area contributed by atoms with E-state index in [9.17, 15) is 19.7 Å². The van der Waals surface area contributed by atoms with Gasteiger partial charge in [-0.1, -0.05) is 30.3 Å². The third-order valence-electron chi connectivity index (χ3n) is 3.47. The Kier molecular flexibility index (Phi) is 9.15. The number of esters is 1. The lowest BCUT2D eigenvalue weighted by molar-refractivity contribution is -0.485. The van der Waals surface area contributed by atoms with Gasteiger partial charge >= 0.3 is 5.97 Å². The number of hydrogen-bond donors (Lipinski definition) is 3. The number of carbonyl (C=O) groups excluding carboxylic acids is 2. The van der Waals surface area contributed by atoms with Crippen LogP contribution in [0.1, 0.15) is 24.8 Å². The number of ether oxygens (including phenoxy) is 1. The van der Waals surface area contributed by atoms with Crippen LogP contribution in [-0.2, 0) is 20.7 Å². The average Bonchev–Trinajstić information content (AvgIpc) is 2.62. The number of methoxy groups -OCH3 is 1. The number of guanidine groups is 1. The van der Waals surface area contributed by atoms with Crippen molar-refractivity contribution in [3.63, 3.8) is 0 Å². The number of hydrazone groups is 1. The number of benzene rings is 1. The molecule has 142 valence electrons. The summed E-state index contributed by atoms with van der Waals surface area (Å²) < 4.78 is 4.70. The van der Waals surface area contributed by atoms with Crippen molar-refractivity contribution in [2.24, 2.45) is 10.8 Å². The Labute approximate surface area is 150 Å². The molecule has 0 aliphatic heterocycles. The maximum absolute atomic E-state index is 12.1. The molecule has 1 atom stereocenters. The molecule has 0 aromatic heterocycles. The average molecular weight is 365 g/mol. The van der Waals surface area contributed by atoms with Crippen molar-refractivity contribution in [3.8, 4) is 0 Å². The molecule has 1 aromatic rings. The first-order chi connectivity index (χ1) is 12.4. The standard InChI is InChI=1S/C16H23N5O5/c1-26-15(23)13(8-5-11-18-16(17)20-21(24)25)19-14(22)10-9-12-6-3-2-4-7-12/h2-4,6-7,13H,5,8-11H2,1H3,(H,19,22)(H3,17,18,20)/t13-/m0/s1. The summed E-state index contributed by atoms with van der Waals surface area (Å²) in [5.74, 6) is -1.13. The SMILES string of the molecule is COC(=O)[C@H](CCCN/C(N)=N/[N+](=O)[O-])NC(=O)CCc1ccccc1. The van der Waals surface area contributed by atoms with Crippen molar-refractivity contribution >= 4 is 17.8 Å². The van der Waals surface area contributed by atoms with Crippen LogP contribution < -0.4 is 16.4 Å². The van der Waals surface area contributed by atoms with Crippen LogP contribution in [0.5, 0.6) is 0 Å². The summed E-state index contributed by atoms with van der Waals surface area (Å²) in [5.41, 5.74) is 6.32. The first-order valence-electron chi connectivity index (χ1n) is 8.05. The van der Waals surface area contributed by atoms with Gasteiger partial charge in [0.15, 0.2) is 5.03 Å². The number of carbonyl (C=O) groups is 2. The highest BCUT2D eigenvalue weighted by Crippen LogP contribution is 2.04. The zero-order valence-electron chi connectivity index (χ0n) is 14.5. The van der Waals surface area contributed by atoms with Crippen LogP contribution in [0.2, 0.25) is 0 Å². The summed E-state index contributed by atoms with van der Waals surface area (Å²) >= 11 is 0. The number of nitrogens with two attached hydrogens (primary N) is 1. The minimum atomic E-state index is -0.910. The van der Waals surface area contributed by atoms with Gasteiger partial charge in [-0.2, -0.15) is 0 Å². The topological polar surface area (TPSA) is 149 Å². The molecule has 10 heteroatoms. The third kappa shape index (κ3) is 8.62. The highest BCUT2D eigenvalue weighted by atomic mass is 16.7. The minimum absolute atomic E-state index is 0.248. The summed E-state index contributed by atoms with van der Waals surface area (Å²) in [7, 11) is 1.24. The number of amides is 1. The van der Waals surface area contributed by atoms with E-state index in [1.54, 1.807) is 0 Å². The van der Waals surface area contributed by atoms with Crippen molar-refractivity contribution in [2.45, 2.75) is 31.7 Å². The second kappa shape index (κ2) is 11.4. The lowest BCUT2D eigenvalue weighted by atomic mass is 10.1. The highest BCUT2D eigenvalue weighted by molar-refractivity contribution is 5.84. The van der Waals surface area contributed by atoms with Gasteiger partial charge in [0.1, 0.15) is 11.1 Å². The van der Waals surface area contributed by atoms with E-state index in [4.69, 9.17) is 10.5 Å². The molecule has 0 spiro atoms. The van der Waals surface area contributed by atoms with Crippen molar-refractivity contribution in [1.29, 1.82) is 0 Å². The molecule has 0 heterocycles. The van der Waals surface area contributed by atoms with Gasteiger partial charge in [-0.15, -0.1) is 0 Å². The van der Waals surface area contributed by atoms with Crippen molar-refractivity contribution < 1.29 is 19.4 Å². The highest BCUT2D eigenvalue weighted by Gasteiger charge is 2.20. The molecule has 0 saturated heterocycles. The number of aryl methyl sites for hydroxylation is 1. The van der Waals surface area contributed by atoms with E-state index >= 15 is 0 Å². The van der Waals surface area contributed by atoms with E-state index in [1.165, 1.54) is 7.11 Å². The largest absolute Gasteiger partial charge is 0.467 e. The number of hydrogen-bond acceptors (Lipinski definition) is 5. The molecular formula is C16H23N5O5. The minimum Gasteiger partial charge on any atom is -0.467 e. The molecule has 26 heavy (non-hydrogen) atoms. The second-order valence-corrected chi connectivity index (χ2v) is 5.42. The molecule has 0 unspecified atom stereocenters. The van der Waals surface area contributed by atoms with Crippen LogP contribution in [0.15, 0.2) is 35.4 Å². The first-order valence-corrected chi connectivity index (χ1v) is 8.05. The predicted molar refractivity (Wildman–Crippen MR) is 94.6 cm³/mol. The molecule has 0 fully saturated rings. The zero-order chi connectivity index (χ0) is 19.4. The molecule has 0 aliphatic carbocycles. The van der Waals surface area contributed by atoms with Crippen molar-refractivity contribution in [3.05, 3.63) is 46.0 Å². The Morgan fingerprint density at radius 1 is 1.35 bits per heavy atom. The van der Waals surface area contributed by atoms with Crippen LogP contribution in [0.3, 0.4) is 0 Å². The lowest BCUT2D eigenvalue weighted by Crippen LogP contribution is -2.42. The van der Waals surface area contributed by atoms with Crippen LogP contribution in [-0.4, -0.2) is 42.6 Å². The molecule has 4 N–H and O–H groups in total. The molecule has 1 rings (SSSR count). The van der Waals surface area contributed by atoms with E-state index in [2.05, 4.69) is 15.7 Å². The normalized spacial score (nSPS) is 12.1. The number of nitro groups is 1. The van der Waals surface area contributed by atoms with E-state index in [0.29, 0.717) is 19.3 Å². The van der Waals surface area contributed by atoms with Gasteiger partial charge in [-0.05, 0) is 24.8 Å². The summed E-state index contributed by atoms with van der Waals surface area (Å²) in [6, 6.07) is 8.74. The third-order valence-corrected chi connectivity index (χ3v) is 3.47. The number of nitrogens with one attached hydrogen (secondary N) is 2. The molecule has 1 aromatic carbocycles. The Balaban J connectivity index is 2.42. The van der Waals surface area contributed by atoms with E-state index in [-0.39, 0.29) is 24.8 Å². The van der Waals surface area contributed by atoms with Crippen LogP contribution in [0.25, 0.3) is 0 Å².